The van der Waals surface area contributed by atoms with Crippen LogP contribution in [0.5, 0.6) is 0 Å². The Morgan fingerprint density at radius 1 is 1.45 bits per heavy atom. The fourth-order valence-corrected chi connectivity index (χ4v) is 2.99. The van der Waals surface area contributed by atoms with E-state index in [1.165, 1.54) is 12.8 Å². The Hall–Kier alpha value is -1.26. The van der Waals surface area contributed by atoms with Gasteiger partial charge in [-0.1, -0.05) is 11.6 Å². The summed E-state index contributed by atoms with van der Waals surface area (Å²) in [6.07, 6.45) is 2.40. The maximum absolute atomic E-state index is 11.2. The molecule has 0 atom stereocenters. The molecular weight excluding hydrogens is 274 g/mol. The molecule has 0 bridgehead atoms. The third-order valence-electron chi connectivity index (χ3n) is 3.89. The number of primary amides is 1. The first kappa shape index (κ1) is 15.1. The van der Waals surface area contributed by atoms with Crippen LogP contribution in [0.4, 0.5) is 5.69 Å². The van der Waals surface area contributed by atoms with Gasteiger partial charge in [0, 0.05) is 18.7 Å². The molecule has 0 spiro atoms. The summed E-state index contributed by atoms with van der Waals surface area (Å²) in [7, 11) is 0. The van der Waals surface area contributed by atoms with Gasteiger partial charge in [-0.2, -0.15) is 0 Å². The average molecular weight is 296 g/mol. The molecule has 1 aliphatic heterocycles. The number of benzene rings is 1. The minimum absolute atomic E-state index is 0.445. The van der Waals surface area contributed by atoms with E-state index in [1.807, 2.05) is 6.07 Å². The normalized spacial score (nSPS) is 16.1. The number of anilines is 1. The molecule has 1 heterocycles. The first-order valence-electron chi connectivity index (χ1n) is 7.16. The van der Waals surface area contributed by atoms with Crippen molar-refractivity contribution in [1.29, 1.82) is 0 Å². The number of rotatable bonds is 5. The summed E-state index contributed by atoms with van der Waals surface area (Å²) in [5.41, 5.74) is 6.71. The molecular formula is C15H22ClN3O. The van der Waals surface area contributed by atoms with E-state index in [-0.39, 0.29) is 0 Å². The minimum atomic E-state index is -0.445. The number of carbonyl (C=O) groups excluding carboxylic acids is 1. The lowest BCUT2D eigenvalue weighted by Gasteiger charge is -2.31. The van der Waals surface area contributed by atoms with Crippen LogP contribution in [-0.2, 0) is 0 Å². The molecule has 20 heavy (non-hydrogen) atoms. The van der Waals surface area contributed by atoms with Gasteiger partial charge < -0.3 is 16.0 Å². The topological polar surface area (TPSA) is 58.4 Å². The van der Waals surface area contributed by atoms with Crippen LogP contribution >= 0.6 is 11.6 Å². The molecule has 1 amide bonds. The summed E-state index contributed by atoms with van der Waals surface area (Å²) in [5.74, 6) is 0.253. The number of carbonyl (C=O) groups is 1. The maximum Gasteiger partial charge on any atom is 0.248 e. The van der Waals surface area contributed by atoms with Crippen LogP contribution in [-0.4, -0.2) is 32.1 Å². The van der Waals surface area contributed by atoms with E-state index in [0.29, 0.717) is 16.5 Å². The molecule has 110 valence electrons. The number of nitrogens with two attached hydrogens (primary N) is 1. The minimum Gasteiger partial charge on any atom is -0.370 e. The Kier molecular flexibility index (Phi) is 5.26. The first-order chi connectivity index (χ1) is 9.61. The highest BCUT2D eigenvalue weighted by Crippen LogP contribution is 2.28. The van der Waals surface area contributed by atoms with Crippen molar-refractivity contribution in [3.63, 3.8) is 0 Å². The second kappa shape index (κ2) is 6.95. The largest absolute Gasteiger partial charge is 0.370 e. The molecule has 2 rings (SSSR count). The highest BCUT2D eigenvalue weighted by molar-refractivity contribution is 6.33. The van der Waals surface area contributed by atoms with Gasteiger partial charge in [0.25, 0.3) is 0 Å². The number of hydrogen-bond donors (Lipinski definition) is 2. The van der Waals surface area contributed by atoms with Crippen LogP contribution in [0, 0.1) is 5.92 Å². The Morgan fingerprint density at radius 2 is 2.15 bits per heavy atom. The summed E-state index contributed by atoms with van der Waals surface area (Å²) in [6.45, 7) is 6.22. The van der Waals surface area contributed by atoms with Gasteiger partial charge in [-0.3, -0.25) is 4.79 Å². The fourth-order valence-electron chi connectivity index (χ4n) is 2.69. The number of piperidine rings is 1. The van der Waals surface area contributed by atoms with E-state index in [2.05, 4.69) is 17.1 Å². The number of nitrogens with zero attached hydrogens (tertiary/aromatic N) is 1. The van der Waals surface area contributed by atoms with E-state index in [4.69, 9.17) is 17.3 Å². The molecule has 1 aromatic rings. The Bertz CT molecular complexity index is 472. The Morgan fingerprint density at radius 3 is 2.70 bits per heavy atom. The highest BCUT2D eigenvalue weighted by Gasteiger charge is 2.18. The van der Waals surface area contributed by atoms with Crippen LogP contribution in [0.1, 0.15) is 30.1 Å². The zero-order valence-corrected chi connectivity index (χ0v) is 12.6. The summed E-state index contributed by atoms with van der Waals surface area (Å²) in [4.78, 5) is 13.4. The van der Waals surface area contributed by atoms with Crippen molar-refractivity contribution in [2.75, 3.05) is 31.1 Å². The van der Waals surface area contributed by atoms with Crippen LogP contribution in [0.15, 0.2) is 18.2 Å². The lowest BCUT2D eigenvalue weighted by molar-refractivity contribution is 0.100. The molecule has 0 unspecified atom stereocenters. The third kappa shape index (κ3) is 3.64. The van der Waals surface area contributed by atoms with Crippen molar-refractivity contribution in [2.45, 2.75) is 19.8 Å². The second-order valence-corrected chi connectivity index (χ2v) is 5.67. The van der Waals surface area contributed by atoms with E-state index >= 15 is 0 Å². The van der Waals surface area contributed by atoms with E-state index in [0.717, 1.165) is 31.9 Å². The quantitative estimate of drug-likeness (QED) is 0.876. The predicted molar refractivity (Wildman–Crippen MR) is 83.5 cm³/mol. The van der Waals surface area contributed by atoms with Gasteiger partial charge in [0.05, 0.1) is 10.7 Å². The van der Waals surface area contributed by atoms with E-state index in [1.54, 1.807) is 12.1 Å². The molecule has 0 saturated carbocycles. The van der Waals surface area contributed by atoms with Crippen molar-refractivity contribution in [3.05, 3.63) is 28.8 Å². The van der Waals surface area contributed by atoms with Crippen molar-refractivity contribution >= 4 is 23.2 Å². The molecule has 1 aliphatic rings. The standard InChI is InChI=1S/C15H22ClN3O/c1-2-19(10-11-5-7-18-8-6-11)14-4-3-12(15(17)20)9-13(14)16/h3-4,9,11,18H,2,5-8,10H2,1H3,(H2,17,20). The number of halogens is 1. The summed E-state index contributed by atoms with van der Waals surface area (Å²) < 4.78 is 0. The van der Waals surface area contributed by atoms with Gasteiger partial charge in [-0.15, -0.1) is 0 Å². The SMILES string of the molecule is CCN(CC1CCNCC1)c1ccc(C(N)=O)cc1Cl. The summed E-state index contributed by atoms with van der Waals surface area (Å²) >= 11 is 6.30. The van der Waals surface area contributed by atoms with Gasteiger partial charge in [-0.05, 0) is 57.0 Å². The van der Waals surface area contributed by atoms with Gasteiger partial charge in [0.2, 0.25) is 5.91 Å². The molecule has 4 nitrogen and oxygen atoms in total. The lowest BCUT2D eigenvalue weighted by Crippen LogP contribution is -2.36. The van der Waals surface area contributed by atoms with Crippen LogP contribution in [0.2, 0.25) is 5.02 Å². The van der Waals surface area contributed by atoms with Crippen molar-refractivity contribution in [3.8, 4) is 0 Å². The summed E-state index contributed by atoms with van der Waals surface area (Å²) in [6, 6.07) is 5.30. The average Bonchev–Trinajstić information content (AvgIpc) is 2.46. The lowest BCUT2D eigenvalue weighted by atomic mass is 9.97. The molecule has 0 aliphatic carbocycles. The van der Waals surface area contributed by atoms with Crippen LogP contribution in [0.25, 0.3) is 0 Å². The van der Waals surface area contributed by atoms with Crippen molar-refractivity contribution in [1.82, 2.24) is 5.32 Å². The smallest absolute Gasteiger partial charge is 0.248 e. The number of hydrogen-bond acceptors (Lipinski definition) is 3. The third-order valence-corrected chi connectivity index (χ3v) is 4.19. The zero-order valence-electron chi connectivity index (χ0n) is 11.9. The van der Waals surface area contributed by atoms with Crippen molar-refractivity contribution < 1.29 is 4.79 Å². The monoisotopic (exact) mass is 295 g/mol. The number of nitrogens with one attached hydrogen (secondary N) is 1. The van der Waals surface area contributed by atoms with Gasteiger partial charge in [0.1, 0.15) is 0 Å². The molecule has 3 N–H and O–H groups in total. The van der Waals surface area contributed by atoms with Crippen LogP contribution in [0.3, 0.4) is 0 Å². The van der Waals surface area contributed by atoms with Crippen LogP contribution < -0.4 is 16.0 Å². The fraction of sp³-hybridized carbons (Fsp3) is 0.533. The van der Waals surface area contributed by atoms with Gasteiger partial charge >= 0.3 is 0 Å². The molecule has 5 heteroatoms. The zero-order chi connectivity index (χ0) is 14.5. The second-order valence-electron chi connectivity index (χ2n) is 5.26. The highest BCUT2D eigenvalue weighted by atomic mass is 35.5. The molecule has 1 aromatic carbocycles. The number of amides is 1. The molecule has 0 radical (unpaired) electrons. The van der Waals surface area contributed by atoms with Crippen molar-refractivity contribution in [2.24, 2.45) is 11.7 Å². The Labute approximate surface area is 125 Å². The molecule has 0 aromatic heterocycles. The van der Waals surface area contributed by atoms with Gasteiger partial charge in [-0.25, -0.2) is 0 Å². The molecule has 1 fully saturated rings. The molecule has 1 saturated heterocycles. The van der Waals surface area contributed by atoms with Gasteiger partial charge in [0.15, 0.2) is 0 Å². The maximum atomic E-state index is 11.2. The van der Waals surface area contributed by atoms with E-state index < -0.39 is 5.91 Å². The summed E-state index contributed by atoms with van der Waals surface area (Å²) in [5, 5.41) is 3.98. The first-order valence-corrected chi connectivity index (χ1v) is 7.54. The predicted octanol–water partition coefficient (Wildman–Crippen LogP) is 2.26. The van der Waals surface area contributed by atoms with E-state index in [9.17, 15) is 4.79 Å². The Balaban J connectivity index is 2.12.